The summed E-state index contributed by atoms with van der Waals surface area (Å²) in [7, 11) is 0. The molecule has 4 aromatic rings. The van der Waals surface area contributed by atoms with Gasteiger partial charge >= 0.3 is 6.18 Å². The van der Waals surface area contributed by atoms with Crippen LogP contribution in [0.5, 0.6) is 0 Å². The van der Waals surface area contributed by atoms with Crippen molar-refractivity contribution in [2.75, 3.05) is 0 Å². The lowest BCUT2D eigenvalue weighted by atomic mass is 9.70. The maximum atomic E-state index is 15.0. The van der Waals surface area contributed by atoms with E-state index in [0.29, 0.717) is 29.3 Å². The molecular formula is C22H20F3N3O2. The Morgan fingerprint density at radius 3 is 2.23 bits per heavy atom. The van der Waals surface area contributed by atoms with Gasteiger partial charge < -0.3 is 9.97 Å². The van der Waals surface area contributed by atoms with E-state index in [1.165, 1.54) is 30.6 Å². The Bertz CT molecular complexity index is 1230. The Morgan fingerprint density at radius 1 is 0.967 bits per heavy atom. The first-order valence-corrected chi connectivity index (χ1v) is 9.69. The lowest BCUT2D eigenvalue weighted by Gasteiger charge is -2.36. The molecule has 0 saturated carbocycles. The van der Waals surface area contributed by atoms with E-state index >= 15 is 0 Å². The van der Waals surface area contributed by atoms with Crippen LogP contribution in [0.1, 0.15) is 37.3 Å². The van der Waals surface area contributed by atoms with Crippen molar-refractivity contribution in [3.8, 4) is 0 Å². The van der Waals surface area contributed by atoms with Crippen LogP contribution in [0.15, 0.2) is 54.9 Å². The first-order chi connectivity index (χ1) is 14.3. The lowest BCUT2D eigenvalue weighted by molar-refractivity contribution is -0.384. The fourth-order valence-electron chi connectivity index (χ4n) is 4.30. The van der Waals surface area contributed by atoms with Crippen molar-refractivity contribution in [2.24, 2.45) is 0 Å². The number of halogens is 3. The Hall–Kier alpha value is -3.29. The summed E-state index contributed by atoms with van der Waals surface area (Å²) in [4.78, 5) is 16.5. The number of nitrogens with one attached hydrogen (secondary N) is 2. The van der Waals surface area contributed by atoms with Crippen molar-refractivity contribution in [1.82, 2.24) is 9.97 Å². The number of hydrogen-bond donors (Lipinski definition) is 2. The second-order valence-corrected chi connectivity index (χ2v) is 7.44. The molecular weight excluding hydrogens is 395 g/mol. The molecule has 1 atom stereocenters. The Labute approximate surface area is 170 Å². The van der Waals surface area contributed by atoms with Gasteiger partial charge in [-0.05, 0) is 29.7 Å². The van der Waals surface area contributed by atoms with Crippen LogP contribution in [0.25, 0.3) is 21.8 Å². The maximum Gasteiger partial charge on any atom is 0.402 e. The van der Waals surface area contributed by atoms with Crippen LogP contribution in [-0.2, 0) is 5.41 Å². The molecule has 0 spiro atoms. The molecule has 30 heavy (non-hydrogen) atoms. The van der Waals surface area contributed by atoms with Crippen LogP contribution in [0.4, 0.5) is 18.9 Å². The van der Waals surface area contributed by atoms with Gasteiger partial charge in [0.1, 0.15) is 5.41 Å². The molecule has 8 heteroatoms. The summed E-state index contributed by atoms with van der Waals surface area (Å²) < 4.78 is 44.9. The molecule has 0 bridgehead atoms. The number of aromatic nitrogens is 2. The van der Waals surface area contributed by atoms with Crippen molar-refractivity contribution in [2.45, 2.75) is 37.8 Å². The van der Waals surface area contributed by atoms with E-state index in [-0.39, 0.29) is 28.6 Å². The minimum absolute atomic E-state index is 0.00639. The van der Waals surface area contributed by atoms with E-state index in [1.807, 2.05) is 6.92 Å². The van der Waals surface area contributed by atoms with Crippen molar-refractivity contribution >= 4 is 27.5 Å². The fourth-order valence-corrected chi connectivity index (χ4v) is 4.30. The molecule has 156 valence electrons. The average Bonchev–Trinajstić information content (AvgIpc) is 3.32. The first kappa shape index (κ1) is 20.0. The highest BCUT2D eigenvalue weighted by Crippen LogP contribution is 2.53. The van der Waals surface area contributed by atoms with E-state index in [2.05, 4.69) is 9.97 Å². The highest BCUT2D eigenvalue weighted by Gasteiger charge is 2.58. The van der Waals surface area contributed by atoms with Crippen LogP contribution in [0, 0.1) is 10.1 Å². The Kier molecular flexibility index (Phi) is 4.80. The quantitative estimate of drug-likeness (QED) is 0.275. The highest BCUT2D eigenvalue weighted by molar-refractivity contribution is 5.90. The molecule has 4 rings (SSSR count). The van der Waals surface area contributed by atoms with Gasteiger partial charge in [0.2, 0.25) is 0 Å². The van der Waals surface area contributed by atoms with Gasteiger partial charge in [-0.1, -0.05) is 38.0 Å². The van der Waals surface area contributed by atoms with Crippen molar-refractivity contribution in [1.29, 1.82) is 0 Å². The van der Waals surface area contributed by atoms with E-state index in [9.17, 15) is 23.3 Å². The van der Waals surface area contributed by atoms with E-state index in [0.717, 1.165) is 0 Å². The Balaban J connectivity index is 2.09. The summed E-state index contributed by atoms with van der Waals surface area (Å²) >= 11 is 0. The molecule has 0 fully saturated rings. The summed E-state index contributed by atoms with van der Waals surface area (Å²) in [6.07, 6.45) is -1.08. The summed E-state index contributed by atoms with van der Waals surface area (Å²) in [6, 6.07) is 10.8. The van der Waals surface area contributed by atoms with Gasteiger partial charge in [0.15, 0.2) is 0 Å². The predicted octanol–water partition coefficient (Wildman–Crippen LogP) is 6.60. The number of nitro groups is 1. The van der Waals surface area contributed by atoms with Gasteiger partial charge in [-0.2, -0.15) is 13.2 Å². The number of benzene rings is 2. The normalized spacial score (nSPS) is 14.3. The van der Waals surface area contributed by atoms with Crippen LogP contribution in [0.3, 0.4) is 0 Å². The molecule has 2 heterocycles. The van der Waals surface area contributed by atoms with E-state index in [4.69, 9.17) is 0 Å². The monoisotopic (exact) mass is 415 g/mol. The molecule has 2 N–H and O–H groups in total. The number of para-hydroxylation sites is 1. The first-order valence-electron chi connectivity index (χ1n) is 9.69. The summed E-state index contributed by atoms with van der Waals surface area (Å²) in [5, 5.41) is 12.0. The molecule has 2 aromatic carbocycles. The van der Waals surface area contributed by atoms with Crippen LogP contribution < -0.4 is 0 Å². The Morgan fingerprint density at radius 2 is 1.60 bits per heavy atom. The number of rotatable bonds is 6. The molecule has 1 unspecified atom stereocenters. The number of non-ortho nitro benzene ring substituents is 1. The standard InChI is InChI=1S/C22H20F3N3O2/c1-2-3-10-21(22(23,24)25,17-12-26-19-7-5-4-6-15(17)19)18-13-27-20-9-8-14(28(29)30)11-16(18)20/h4-9,11-13,26-27H,2-3,10H2,1H3. The van der Waals surface area contributed by atoms with Gasteiger partial charge in [0.05, 0.1) is 4.92 Å². The number of alkyl halides is 3. The van der Waals surface area contributed by atoms with Crippen LogP contribution in [-0.4, -0.2) is 21.1 Å². The molecule has 0 amide bonds. The molecule has 0 aliphatic rings. The number of fused-ring (bicyclic) bond motifs is 2. The third kappa shape index (κ3) is 2.94. The number of aromatic amines is 2. The molecule has 0 aliphatic heterocycles. The van der Waals surface area contributed by atoms with E-state index in [1.54, 1.807) is 24.3 Å². The molecule has 0 saturated heterocycles. The summed E-state index contributed by atoms with van der Waals surface area (Å²) in [5.74, 6) is 0. The van der Waals surface area contributed by atoms with Crippen LogP contribution >= 0.6 is 0 Å². The van der Waals surface area contributed by atoms with Crippen LogP contribution in [0.2, 0.25) is 0 Å². The van der Waals surface area contributed by atoms with Gasteiger partial charge in [-0.3, -0.25) is 10.1 Å². The zero-order valence-electron chi connectivity index (χ0n) is 16.2. The van der Waals surface area contributed by atoms with Gasteiger partial charge in [0, 0.05) is 46.3 Å². The van der Waals surface area contributed by atoms with Gasteiger partial charge in [-0.25, -0.2) is 0 Å². The average molecular weight is 415 g/mol. The molecule has 5 nitrogen and oxygen atoms in total. The molecule has 0 radical (unpaired) electrons. The van der Waals surface area contributed by atoms with Gasteiger partial charge in [0.25, 0.3) is 5.69 Å². The summed E-state index contributed by atoms with van der Waals surface area (Å²) in [5.41, 5.74) is -1.37. The molecule has 2 aromatic heterocycles. The fraction of sp³-hybridized carbons (Fsp3) is 0.273. The minimum atomic E-state index is -4.62. The topological polar surface area (TPSA) is 74.7 Å². The third-order valence-electron chi connectivity index (χ3n) is 5.77. The highest BCUT2D eigenvalue weighted by atomic mass is 19.4. The minimum Gasteiger partial charge on any atom is -0.361 e. The second-order valence-electron chi connectivity index (χ2n) is 7.44. The zero-order chi connectivity index (χ0) is 21.5. The number of nitrogens with zero attached hydrogens (tertiary/aromatic N) is 1. The van der Waals surface area contributed by atoms with E-state index < -0.39 is 16.5 Å². The maximum absolute atomic E-state index is 15.0. The smallest absolute Gasteiger partial charge is 0.361 e. The largest absolute Gasteiger partial charge is 0.402 e. The van der Waals surface area contributed by atoms with Crippen molar-refractivity contribution in [3.63, 3.8) is 0 Å². The van der Waals surface area contributed by atoms with Crippen molar-refractivity contribution < 1.29 is 18.1 Å². The SMILES string of the molecule is CCCCC(c1c[nH]c2ccccc12)(c1c[nH]c2ccc([N+](=O)[O-])cc12)C(F)(F)F. The third-order valence-corrected chi connectivity index (χ3v) is 5.77. The molecule has 0 aliphatic carbocycles. The number of H-pyrrole nitrogens is 2. The number of hydrogen-bond acceptors (Lipinski definition) is 2. The predicted molar refractivity (Wildman–Crippen MR) is 110 cm³/mol. The zero-order valence-corrected chi connectivity index (χ0v) is 16.2. The lowest BCUT2D eigenvalue weighted by Crippen LogP contribution is -2.43. The van der Waals surface area contributed by atoms with Crippen molar-refractivity contribution in [3.05, 3.63) is 76.1 Å². The second kappa shape index (κ2) is 7.19. The number of unbranched alkanes of at least 4 members (excludes halogenated alkanes) is 1. The van der Waals surface area contributed by atoms with Gasteiger partial charge in [-0.15, -0.1) is 0 Å². The summed E-state index contributed by atoms with van der Waals surface area (Å²) in [6.45, 7) is 1.84. The number of nitro benzene ring substituents is 1.